The molecule has 0 saturated heterocycles. The number of carbonyl (C=O) groups is 1. The highest BCUT2D eigenvalue weighted by molar-refractivity contribution is 5.95. The minimum atomic E-state index is -0.487. The van der Waals surface area contributed by atoms with Crippen LogP contribution in [0.15, 0.2) is 36.4 Å². The number of fused-ring (bicyclic) bond motifs is 1. The second-order valence-electron chi connectivity index (χ2n) is 4.49. The van der Waals surface area contributed by atoms with E-state index in [1.165, 1.54) is 14.2 Å². The summed E-state index contributed by atoms with van der Waals surface area (Å²) >= 11 is 0. The van der Waals surface area contributed by atoms with Gasteiger partial charge in [-0.1, -0.05) is 24.3 Å². The molecule has 1 heterocycles. The Labute approximate surface area is 117 Å². The van der Waals surface area contributed by atoms with E-state index in [0.29, 0.717) is 5.69 Å². The Morgan fingerprint density at radius 3 is 2.55 bits per heavy atom. The normalized spacial score (nSPS) is 12.6. The largest absolute Gasteiger partial charge is 0.354 e. The van der Waals surface area contributed by atoms with Gasteiger partial charge >= 0.3 is 0 Å². The van der Waals surface area contributed by atoms with Gasteiger partial charge in [-0.15, -0.1) is 0 Å². The maximum Gasteiger partial charge on any atom is 0.270 e. The van der Waals surface area contributed by atoms with E-state index in [9.17, 15) is 4.79 Å². The number of benzene rings is 1. The molecule has 20 heavy (non-hydrogen) atoms. The molecular formula is C15H18N2O3. The zero-order valence-corrected chi connectivity index (χ0v) is 11.8. The van der Waals surface area contributed by atoms with Crippen molar-refractivity contribution in [2.75, 3.05) is 14.2 Å². The van der Waals surface area contributed by atoms with Crippen molar-refractivity contribution in [3.63, 3.8) is 0 Å². The van der Waals surface area contributed by atoms with Gasteiger partial charge < -0.3 is 14.8 Å². The first-order valence-corrected chi connectivity index (χ1v) is 6.38. The number of nitrogens with zero attached hydrogens (tertiary/aromatic N) is 1. The number of rotatable bonds is 5. The molecule has 0 spiro atoms. The van der Waals surface area contributed by atoms with Crippen LogP contribution in [0.2, 0.25) is 0 Å². The number of amides is 1. The molecule has 2 rings (SSSR count). The zero-order chi connectivity index (χ0) is 14.5. The van der Waals surface area contributed by atoms with E-state index in [1.807, 2.05) is 37.3 Å². The highest BCUT2D eigenvalue weighted by Crippen LogP contribution is 2.12. The lowest BCUT2D eigenvalue weighted by Crippen LogP contribution is -2.43. The lowest BCUT2D eigenvalue weighted by Gasteiger charge is -2.21. The quantitative estimate of drug-likeness (QED) is 0.847. The molecule has 0 aliphatic rings. The van der Waals surface area contributed by atoms with Gasteiger partial charge in [-0.2, -0.15) is 0 Å². The van der Waals surface area contributed by atoms with Crippen LogP contribution < -0.4 is 5.32 Å². The Balaban J connectivity index is 2.15. The van der Waals surface area contributed by atoms with Crippen LogP contribution in [0.3, 0.4) is 0 Å². The third-order valence-electron chi connectivity index (χ3n) is 3.06. The smallest absolute Gasteiger partial charge is 0.270 e. The van der Waals surface area contributed by atoms with Gasteiger partial charge in [0.05, 0.1) is 11.6 Å². The lowest BCUT2D eigenvalue weighted by molar-refractivity contribution is -0.117. The first kappa shape index (κ1) is 14.4. The Morgan fingerprint density at radius 2 is 1.85 bits per heavy atom. The first-order valence-electron chi connectivity index (χ1n) is 6.38. The maximum atomic E-state index is 12.2. The van der Waals surface area contributed by atoms with Crippen molar-refractivity contribution < 1.29 is 14.3 Å². The highest BCUT2D eigenvalue weighted by atomic mass is 16.7. The number of carbonyl (C=O) groups excluding carboxylic acids is 1. The number of para-hydroxylation sites is 1. The van der Waals surface area contributed by atoms with E-state index < -0.39 is 6.29 Å². The molecule has 0 aliphatic heterocycles. The number of aromatic nitrogens is 1. The number of methoxy groups -OCH3 is 2. The van der Waals surface area contributed by atoms with E-state index in [2.05, 4.69) is 10.3 Å². The fourth-order valence-corrected chi connectivity index (χ4v) is 2.05. The summed E-state index contributed by atoms with van der Waals surface area (Å²) in [6.45, 7) is 1.82. The van der Waals surface area contributed by atoms with Crippen LogP contribution in [0.4, 0.5) is 0 Å². The third kappa shape index (κ3) is 3.12. The van der Waals surface area contributed by atoms with E-state index in [4.69, 9.17) is 9.47 Å². The Morgan fingerprint density at radius 1 is 1.15 bits per heavy atom. The van der Waals surface area contributed by atoms with Gasteiger partial charge in [-0.25, -0.2) is 4.98 Å². The summed E-state index contributed by atoms with van der Waals surface area (Å²) in [5.41, 5.74) is 1.17. The van der Waals surface area contributed by atoms with Crippen LogP contribution in [-0.4, -0.2) is 37.4 Å². The van der Waals surface area contributed by atoms with Crippen LogP contribution in [0.25, 0.3) is 10.9 Å². The van der Waals surface area contributed by atoms with Crippen molar-refractivity contribution in [1.29, 1.82) is 0 Å². The molecule has 1 unspecified atom stereocenters. The van der Waals surface area contributed by atoms with Gasteiger partial charge in [-0.3, -0.25) is 4.79 Å². The van der Waals surface area contributed by atoms with E-state index in [0.717, 1.165) is 10.9 Å². The Hall–Kier alpha value is -1.98. The standard InChI is InChI=1S/C15H18N2O3/c1-10(15(19-2)20-3)16-14(18)13-9-8-11-6-4-5-7-12(11)17-13/h4-10,15H,1-3H3,(H,16,18). The molecule has 5 heteroatoms. The van der Waals surface area contributed by atoms with Gasteiger partial charge in [0.1, 0.15) is 5.69 Å². The van der Waals surface area contributed by atoms with Crippen molar-refractivity contribution in [2.24, 2.45) is 0 Å². The molecule has 0 fully saturated rings. The molecule has 5 nitrogen and oxygen atoms in total. The van der Waals surface area contributed by atoms with E-state index in [1.54, 1.807) is 6.07 Å². The number of pyridine rings is 1. The average Bonchev–Trinajstić information content (AvgIpc) is 2.48. The molecule has 1 amide bonds. The number of nitrogens with one attached hydrogen (secondary N) is 1. The predicted octanol–water partition coefficient (Wildman–Crippen LogP) is 1.97. The summed E-state index contributed by atoms with van der Waals surface area (Å²) in [6.07, 6.45) is -0.487. The Kier molecular flexibility index (Phi) is 4.65. The number of ether oxygens (including phenoxy) is 2. The topological polar surface area (TPSA) is 60.5 Å². The van der Waals surface area contributed by atoms with Crippen molar-refractivity contribution in [3.05, 3.63) is 42.1 Å². The molecule has 106 valence electrons. The lowest BCUT2D eigenvalue weighted by atomic mass is 10.2. The van der Waals surface area contributed by atoms with Gasteiger partial charge in [0.2, 0.25) is 0 Å². The minimum Gasteiger partial charge on any atom is -0.354 e. The summed E-state index contributed by atoms with van der Waals surface area (Å²) < 4.78 is 10.2. The van der Waals surface area contributed by atoms with E-state index >= 15 is 0 Å². The number of hydrogen-bond acceptors (Lipinski definition) is 4. The van der Waals surface area contributed by atoms with Gasteiger partial charge in [0, 0.05) is 19.6 Å². The monoisotopic (exact) mass is 274 g/mol. The van der Waals surface area contributed by atoms with Crippen LogP contribution >= 0.6 is 0 Å². The SMILES string of the molecule is COC(OC)C(C)NC(=O)c1ccc2ccccc2n1. The molecule has 0 saturated carbocycles. The summed E-state index contributed by atoms with van der Waals surface area (Å²) in [4.78, 5) is 16.5. The molecule has 0 aliphatic carbocycles. The predicted molar refractivity (Wildman–Crippen MR) is 76.5 cm³/mol. The van der Waals surface area contributed by atoms with Gasteiger partial charge in [0.25, 0.3) is 5.91 Å². The second kappa shape index (κ2) is 6.45. The van der Waals surface area contributed by atoms with Crippen LogP contribution in [0.1, 0.15) is 17.4 Å². The fourth-order valence-electron chi connectivity index (χ4n) is 2.05. The molecule has 0 radical (unpaired) electrons. The number of hydrogen-bond donors (Lipinski definition) is 1. The van der Waals surface area contributed by atoms with Crippen molar-refractivity contribution in [1.82, 2.24) is 10.3 Å². The first-order chi connectivity index (χ1) is 9.65. The van der Waals surface area contributed by atoms with Crippen LogP contribution in [-0.2, 0) is 9.47 Å². The maximum absolute atomic E-state index is 12.2. The van der Waals surface area contributed by atoms with Crippen molar-refractivity contribution in [3.8, 4) is 0 Å². The molecule has 1 aromatic heterocycles. The summed E-state index contributed by atoms with van der Waals surface area (Å²) in [6, 6.07) is 11.0. The molecule has 1 atom stereocenters. The second-order valence-corrected chi connectivity index (χ2v) is 4.49. The van der Waals surface area contributed by atoms with Crippen molar-refractivity contribution in [2.45, 2.75) is 19.3 Å². The van der Waals surface area contributed by atoms with Gasteiger partial charge in [0.15, 0.2) is 6.29 Å². The minimum absolute atomic E-state index is 0.248. The van der Waals surface area contributed by atoms with E-state index in [-0.39, 0.29) is 11.9 Å². The highest BCUT2D eigenvalue weighted by Gasteiger charge is 2.19. The average molecular weight is 274 g/mol. The molecule has 1 aromatic carbocycles. The Bertz CT molecular complexity index is 596. The molecule has 0 bridgehead atoms. The van der Waals surface area contributed by atoms with Crippen molar-refractivity contribution >= 4 is 16.8 Å². The van der Waals surface area contributed by atoms with Gasteiger partial charge in [-0.05, 0) is 19.1 Å². The summed E-state index contributed by atoms with van der Waals surface area (Å²) in [7, 11) is 3.07. The van der Waals surface area contributed by atoms with Crippen LogP contribution in [0.5, 0.6) is 0 Å². The molecule has 1 N–H and O–H groups in total. The summed E-state index contributed by atoms with van der Waals surface area (Å²) in [5, 5.41) is 3.81. The fraction of sp³-hybridized carbons (Fsp3) is 0.333. The molecular weight excluding hydrogens is 256 g/mol. The summed E-state index contributed by atoms with van der Waals surface area (Å²) in [5.74, 6) is -0.248. The third-order valence-corrected chi connectivity index (χ3v) is 3.06. The van der Waals surface area contributed by atoms with Crippen LogP contribution in [0, 0.1) is 0 Å². The zero-order valence-electron chi connectivity index (χ0n) is 11.8. The molecule has 2 aromatic rings.